The number of hydrogen-bond acceptors (Lipinski definition) is 6. The Morgan fingerprint density at radius 1 is 0.759 bits per heavy atom. The van der Waals surface area contributed by atoms with Crippen LogP contribution in [-0.4, -0.2) is 55.2 Å². The SMILES string of the molecule is COc1ccc([C@@H]2[C@@H]3C(=O)N(c4ccc(OC)cc4)C(=O)[C@H]3N3CCCN23)cc1. The number of nitrogens with zero attached hydrogens (tertiary/aromatic N) is 3. The van der Waals surface area contributed by atoms with Crippen molar-refractivity contribution in [1.82, 2.24) is 10.0 Å². The normalized spacial score (nSPS) is 26.7. The lowest BCUT2D eigenvalue weighted by Crippen LogP contribution is -2.44. The average Bonchev–Trinajstić information content (AvgIpc) is 3.40. The number of methoxy groups -OCH3 is 2. The first-order chi connectivity index (χ1) is 14.1. The molecule has 2 aromatic carbocycles. The van der Waals surface area contributed by atoms with E-state index in [9.17, 15) is 9.59 Å². The predicted molar refractivity (Wildman–Crippen MR) is 107 cm³/mol. The quantitative estimate of drug-likeness (QED) is 0.743. The highest BCUT2D eigenvalue weighted by Crippen LogP contribution is 2.49. The minimum atomic E-state index is -0.445. The molecule has 7 nitrogen and oxygen atoms in total. The van der Waals surface area contributed by atoms with E-state index in [2.05, 4.69) is 10.0 Å². The van der Waals surface area contributed by atoms with Crippen LogP contribution in [0.3, 0.4) is 0 Å². The van der Waals surface area contributed by atoms with E-state index in [-0.39, 0.29) is 17.9 Å². The van der Waals surface area contributed by atoms with Crippen molar-refractivity contribution < 1.29 is 19.1 Å². The van der Waals surface area contributed by atoms with E-state index in [1.807, 2.05) is 24.3 Å². The van der Waals surface area contributed by atoms with Gasteiger partial charge in [-0.2, -0.15) is 0 Å². The van der Waals surface area contributed by atoms with Gasteiger partial charge in [-0.15, -0.1) is 0 Å². The van der Waals surface area contributed by atoms with Gasteiger partial charge in [0.25, 0.3) is 5.91 Å². The molecule has 5 rings (SSSR count). The zero-order chi connectivity index (χ0) is 20.1. The Morgan fingerprint density at radius 2 is 1.31 bits per heavy atom. The smallest absolute Gasteiger partial charge is 0.253 e. The van der Waals surface area contributed by atoms with Gasteiger partial charge in [0.15, 0.2) is 0 Å². The molecule has 0 aliphatic carbocycles. The largest absolute Gasteiger partial charge is 0.497 e. The standard InChI is InChI=1S/C22H23N3O4/c1-28-16-8-4-14(5-9-16)19-18-20(24-13-3-12-23(19)24)22(27)25(21(18)26)15-6-10-17(29-2)11-7-15/h4-11,18-20H,3,12-13H2,1-2H3/t18-,19+,20-/m0/s1. The van der Waals surface area contributed by atoms with E-state index >= 15 is 0 Å². The van der Waals surface area contributed by atoms with Gasteiger partial charge in [-0.25, -0.2) is 14.9 Å². The number of hydrogen-bond donors (Lipinski definition) is 0. The molecule has 29 heavy (non-hydrogen) atoms. The first-order valence-corrected chi connectivity index (χ1v) is 9.83. The highest BCUT2D eigenvalue weighted by atomic mass is 16.5. The maximum atomic E-state index is 13.5. The third kappa shape index (κ3) is 2.65. The summed E-state index contributed by atoms with van der Waals surface area (Å²) in [6.45, 7) is 1.65. The fourth-order valence-corrected chi connectivity index (χ4v) is 4.90. The summed E-state index contributed by atoms with van der Waals surface area (Å²) >= 11 is 0. The minimum absolute atomic E-state index is 0.139. The number of carbonyl (C=O) groups is 2. The van der Waals surface area contributed by atoms with Gasteiger partial charge in [0.05, 0.1) is 31.9 Å². The van der Waals surface area contributed by atoms with Gasteiger partial charge in [-0.05, 0) is 48.4 Å². The average molecular weight is 393 g/mol. The van der Waals surface area contributed by atoms with Gasteiger partial charge >= 0.3 is 0 Å². The lowest BCUT2D eigenvalue weighted by Gasteiger charge is -2.29. The molecule has 3 saturated heterocycles. The number of hydrazine groups is 1. The molecule has 2 aromatic rings. The monoisotopic (exact) mass is 393 g/mol. The fourth-order valence-electron chi connectivity index (χ4n) is 4.90. The van der Waals surface area contributed by atoms with Gasteiger partial charge < -0.3 is 9.47 Å². The van der Waals surface area contributed by atoms with Crippen molar-refractivity contribution in [2.75, 3.05) is 32.2 Å². The number of benzene rings is 2. The molecular weight excluding hydrogens is 370 g/mol. The summed E-state index contributed by atoms with van der Waals surface area (Å²) in [5.41, 5.74) is 1.62. The van der Waals surface area contributed by atoms with Crippen LogP contribution in [0.1, 0.15) is 18.0 Å². The minimum Gasteiger partial charge on any atom is -0.497 e. The number of fused-ring (bicyclic) bond motifs is 3. The van der Waals surface area contributed by atoms with Gasteiger partial charge in [0, 0.05) is 13.1 Å². The van der Waals surface area contributed by atoms with Crippen LogP contribution in [0.5, 0.6) is 11.5 Å². The first-order valence-electron chi connectivity index (χ1n) is 9.83. The number of ether oxygens (including phenoxy) is 2. The fraction of sp³-hybridized carbons (Fsp3) is 0.364. The molecule has 3 aliphatic rings. The van der Waals surface area contributed by atoms with Crippen molar-refractivity contribution in [2.24, 2.45) is 5.92 Å². The molecule has 0 saturated carbocycles. The van der Waals surface area contributed by atoms with Crippen molar-refractivity contribution >= 4 is 17.5 Å². The van der Waals surface area contributed by atoms with Crippen LogP contribution in [0.25, 0.3) is 0 Å². The van der Waals surface area contributed by atoms with Crippen LogP contribution < -0.4 is 14.4 Å². The third-order valence-electron chi connectivity index (χ3n) is 6.19. The topological polar surface area (TPSA) is 62.3 Å². The van der Waals surface area contributed by atoms with Gasteiger partial charge in [0.1, 0.15) is 17.5 Å². The molecule has 0 bridgehead atoms. The van der Waals surface area contributed by atoms with E-state index in [4.69, 9.17) is 9.47 Å². The van der Waals surface area contributed by atoms with E-state index in [1.54, 1.807) is 38.5 Å². The molecule has 3 aliphatic heterocycles. The zero-order valence-corrected chi connectivity index (χ0v) is 16.4. The summed E-state index contributed by atoms with van der Waals surface area (Å²) in [6, 6.07) is 14.3. The van der Waals surface area contributed by atoms with Crippen LogP contribution in [0.4, 0.5) is 5.69 Å². The Labute approximate surface area is 169 Å². The molecule has 0 aromatic heterocycles. The second kappa shape index (κ2) is 6.86. The van der Waals surface area contributed by atoms with E-state index < -0.39 is 12.0 Å². The maximum Gasteiger partial charge on any atom is 0.253 e. The molecule has 7 heteroatoms. The second-order valence-electron chi connectivity index (χ2n) is 7.58. The third-order valence-corrected chi connectivity index (χ3v) is 6.19. The van der Waals surface area contributed by atoms with Crippen LogP contribution in [0.2, 0.25) is 0 Å². The summed E-state index contributed by atoms with van der Waals surface area (Å²) in [5.74, 6) is 0.761. The Balaban J connectivity index is 1.53. The lowest BCUT2D eigenvalue weighted by molar-refractivity contribution is -0.126. The van der Waals surface area contributed by atoms with Crippen LogP contribution in [-0.2, 0) is 9.59 Å². The maximum absolute atomic E-state index is 13.5. The molecule has 0 unspecified atom stereocenters. The van der Waals surface area contributed by atoms with Gasteiger partial charge in [0.2, 0.25) is 5.91 Å². The summed E-state index contributed by atoms with van der Waals surface area (Å²) in [5, 5.41) is 4.31. The molecule has 3 fully saturated rings. The highest BCUT2D eigenvalue weighted by molar-refractivity contribution is 6.24. The molecule has 150 valence electrons. The van der Waals surface area contributed by atoms with Crippen molar-refractivity contribution in [2.45, 2.75) is 18.5 Å². The Morgan fingerprint density at radius 3 is 1.90 bits per heavy atom. The number of imide groups is 1. The molecule has 2 amide bonds. The summed E-state index contributed by atoms with van der Waals surface area (Å²) in [7, 11) is 3.22. The highest BCUT2D eigenvalue weighted by Gasteiger charge is 2.62. The molecular formula is C22H23N3O4. The summed E-state index contributed by atoms with van der Waals surface area (Å²) < 4.78 is 10.5. The van der Waals surface area contributed by atoms with Gasteiger partial charge in [-0.3, -0.25) is 9.59 Å². The van der Waals surface area contributed by atoms with Gasteiger partial charge in [-0.1, -0.05) is 12.1 Å². The van der Waals surface area contributed by atoms with Crippen molar-refractivity contribution in [1.29, 1.82) is 0 Å². The van der Waals surface area contributed by atoms with Crippen molar-refractivity contribution in [3.8, 4) is 11.5 Å². The predicted octanol–water partition coefficient (Wildman–Crippen LogP) is 2.24. The van der Waals surface area contributed by atoms with E-state index in [0.717, 1.165) is 30.8 Å². The summed E-state index contributed by atoms with van der Waals surface area (Å²) in [4.78, 5) is 28.2. The Bertz CT molecular complexity index is 944. The zero-order valence-electron chi connectivity index (χ0n) is 16.4. The number of amides is 2. The molecule has 0 N–H and O–H groups in total. The molecule has 3 heterocycles. The second-order valence-corrected chi connectivity index (χ2v) is 7.58. The number of rotatable bonds is 4. The first kappa shape index (κ1) is 18.1. The molecule has 0 radical (unpaired) electrons. The lowest BCUT2D eigenvalue weighted by atomic mass is 9.90. The van der Waals surface area contributed by atoms with Crippen LogP contribution >= 0.6 is 0 Å². The van der Waals surface area contributed by atoms with Crippen LogP contribution in [0, 0.1) is 5.92 Å². The molecule has 0 spiro atoms. The number of anilines is 1. The number of carbonyl (C=O) groups excluding carboxylic acids is 2. The van der Waals surface area contributed by atoms with E-state index in [1.165, 1.54) is 4.90 Å². The Kier molecular flexibility index (Phi) is 4.29. The van der Waals surface area contributed by atoms with Crippen molar-refractivity contribution in [3.63, 3.8) is 0 Å². The Hall–Kier alpha value is -2.90. The van der Waals surface area contributed by atoms with Crippen molar-refractivity contribution in [3.05, 3.63) is 54.1 Å². The molecule has 3 atom stereocenters. The van der Waals surface area contributed by atoms with Crippen LogP contribution in [0.15, 0.2) is 48.5 Å². The summed E-state index contributed by atoms with van der Waals surface area (Å²) in [6.07, 6.45) is 0.986. The van der Waals surface area contributed by atoms with E-state index in [0.29, 0.717) is 11.4 Å².